The summed E-state index contributed by atoms with van der Waals surface area (Å²) in [6.07, 6.45) is -0.00117. The van der Waals surface area contributed by atoms with Crippen LogP contribution in [0.1, 0.15) is 46.3 Å². The van der Waals surface area contributed by atoms with Gasteiger partial charge in [-0.05, 0) is 48.6 Å². The minimum Gasteiger partial charge on any atom is -0.508 e. The molecule has 18 nitrogen and oxygen atoms in total. The van der Waals surface area contributed by atoms with Crippen molar-refractivity contribution < 1.29 is 72.1 Å². The second-order valence-corrected chi connectivity index (χ2v) is 13.6. The topological polar surface area (TPSA) is 219 Å². The first-order valence-corrected chi connectivity index (χ1v) is 19.4. The number of carbonyl (C=O) groups is 4. The van der Waals surface area contributed by atoms with Gasteiger partial charge in [-0.15, -0.1) is 5.06 Å². The minimum absolute atomic E-state index is 0.0206. The Morgan fingerprint density at radius 2 is 1.17 bits per heavy atom. The van der Waals surface area contributed by atoms with Gasteiger partial charge in [-0.1, -0.05) is 6.07 Å². The van der Waals surface area contributed by atoms with E-state index in [0.29, 0.717) is 122 Å². The van der Waals surface area contributed by atoms with E-state index in [2.05, 4.69) is 10.6 Å². The number of thiocarbonyl (C=S) groups is 1. The summed E-state index contributed by atoms with van der Waals surface area (Å²) in [5, 5.41) is 27.3. The van der Waals surface area contributed by atoms with Gasteiger partial charge in [-0.2, -0.15) is 0 Å². The maximum atomic E-state index is 13.3. The normalized spacial score (nSPS) is 14.7. The number of phenols is 2. The van der Waals surface area contributed by atoms with Crippen LogP contribution in [0.15, 0.2) is 54.6 Å². The van der Waals surface area contributed by atoms with Crippen LogP contribution in [0.25, 0.3) is 0 Å². The van der Waals surface area contributed by atoms with Crippen LogP contribution in [-0.4, -0.2) is 130 Å². The number of fused-ring (bicyclic) bond motifs is 6. The smallest absolute Gasteiger partial charge is 0.340 e. The van der Waals surface area contributed by atoms with Crippen LogP contribution >= 0.6 is 12.2 Å². The number of rotatable bonds is 23. The van der Waals surface area contributed by atoms with Crippen molar-refractivity contribution in [3.8, 4) is 23.0 Å². The molecule has 316 valence electrons. The molecule has 0 radical (unpaired) electrons. The van der Waals surface area contributed by atoms with Crippen molar-refractivity contribution in [2.24, 2.45) is 0 Å². The number of ether oxygens (including phenoxy) is 8. The largest absolute Gasteiger partial charge is 0.508 e. The third-order valence-electron chi connectivity index (χ3n) is 9.07. The van der Waals surface area contributed by atoms with E-state index in [-0.39, 0.29) is 44.0 Å². The van der Waals surface area contributed by atoms with Gasteiger partial charge in [-0.3, -0.25) is 9.59 Å². The summed E-state index contributed by atoms with van der Waals surface area (Å²) < 4.78 is 44.9. The number of aromatic hydroxyl groups is 2. The van der Waals surface area contributed by atoms with E-state index in [9.17, 15) is 29.4 Å². The average molecular weight is 840 g/mol. The summed E-state index contributed by atoms with van der Waals surface area (Å²) in [5.74, 6) is -1.74. The van der Waals surface area contributed by atoms with Crippen molar-refractivity contribution >= 4 is 46.8 Å². The van der Waals surface area contributed by atoms with Gasteiger partial charge in [0.15, 0.2) is 10.7 Å². The summed E-state index contributed by atoms with van der Waals surface area (Å²) in [5.41, 5.74) is 1.23. The summed E-state index contributed by atoms with van der Waals surface area (Å²) >= 11 is 5.45. The van der Waals surface area contributed by atoms with E-state index in [1.54, 1.807) is 30.3 Å². The molecule has 3 aliphatic heterocycles. The van der Waals surface area contributed by atoms with E-state index in [4.69, 9.17) is 55.0 Å². The fourth-order valence-electron chi connectivity index (χ4n) is 6.36. The third-order valence-corrected chi connectivity index (χ3v) is 9.32. The van der Waals surface area contributed by atoms with Gasteiger partial charge in [-0.25, -0.2) is 9.59 Å². The number of nitrogens with one attached hydrogen (secondary N) is 2. The number of carbonyl (C=O) groups excluding carboxylic acids is 4. The van der Waals surface area contributed by atoms with Crippen molar-refractivity contribution in [2.75, 3.05) is 91.1 Å². The summed E-state index contributed by atoms with van der Waals surface area (Å²) in [6.45, 7) is 4.60. The lowest BCUT2D eigenvalue weighted by atomic mass is 9.77. The van der Waals surface area contributed by atoms with Crippen LogP contribution in [0.4, 0.5) is 5.69 Å². The highest BCUT2D eigenvalue weighted by atomic mass is 32.1. The number of amides is 2. The van der Waals surface area contributed by atoms with E-state index in [0.717, 1.165) is 0 Å². The molecule has 3 aromatic carbocycles. The molecule has 1 saturated heterocycles. The molecule has 0 unspecified atom stereocenters. The Bertz CT molecular complexity index is 1930. The molecule has 19 heteroatoms. The monoisotopic (exact) mass is 839 g/mol. The molecule has 1 spiro atoms. The van der Waals surface area contributed by atoms with E-state index >= 15 is 0 Å². The first-order chi connectivity index (χ1) is 28.7. The number of hydrogen-bond donors (Lipinski definition) is 4. The molecular formula is C40H45N3O15S. The molecule has 0 aromatic heterocycles. The number of phenolic OH excluding ortho intramolecular Hbond substituents is 2. The van der Waals surface area contributed by atoms with Crippen LogP contribution in [0, 0.1) is 0 Å². The Morgan fingerprint density at radius 3 is 1.71 bits per heavy atom. The molecular weight excluding hydrogens is 795 g/mol. The minimum atomic E-state index is -1.34. The molecule has 0 saturated carbocycles. The number of imide groups is 1. The SMILES string of the molecule is O=C(CCOCCOCCOCCOCCOCCOCCNC(=S)Nc1ccc2c(c1)C(=O)OC21c2ccc(O)cc2Oc2cc(O)ccc21)ON1C(=O)CCC1=O. The lowest BCUT2D eigenvalue weighted by Crippen LogP contribution is -2.33. The number of benzene rings is 3. The van der Waals surface area contributed by atoms with E-state index in [1.165, 1.54) is 24.3 Å². The second kappa shape index (κ2) is 21.0. The molecule has 1 fully saturated rings. The van der Waals surface area contributed by atoms with Gasteiger partial charge in [0.1, 0.15) is 23.0 Å². The van der Waals surface area contributed by atoms with Gasteiger partial charge in [0.25, 0.3) is 11.8 Å². The Kier molecular flexibility index (Phi) is 15.4. The van der Waals surface area contributed by atoms with Crippen molar-refractivity contribution in [3.63, 3.8) is 0 Å². The highest BCUT2D eigenvalue weighted by Crippen LogP contribution is 2.57. The molecule has 0 bridgehead atoms. The lowest BCUT2D eigenvalue weighted by Gasteiger charge is -2.36. The van der Waals surface area contributed by atoms with Crippen molar-refractivity contribution in [3.05, 3.63) is 76.9 Å². The fraction of sp³-hybridized carbons (Fsp3) is 0.425. The summed E-state index contributed by atoms with van der Waals surface area (Å²) in [4.78, 5) is 52.7. The molecule has 3 heterocycles. The van der Waals surface area contributed by atoms with Crippen LogP contribution in [-0.2, 0) is 58.0 Å². The van der Waals surface area contributed by atoms with Crippen LogP contribution in [0.2, 0.25) is 0 Å². The zero-order valence-electron chi connectivity index (χ0n) is 32.1. The van der Waals surface area contributed by atoms with Crippen LogP contribution in [0.5, 0.6) is 23.0 Å². The number of hydroxylamine groups is 2. The summed E-state index contributed by atoms with van der Waals surface area (Å²) in [7, 11) is 0. The molecule has 0 atom stereocenters. The van der Waals surface area contributed by atoms with Gasteiger partial charge < -0.3 is 63.6 Å². The highest BCUT2D eigenvalue weighted by molar-refractivity contribution is 7.80. The molecule has 59 heavy (non-hydrogen) atoms. The summed E-state index contributed by atoms with van der Waals surface area (Å²) in [6, 6.07) is 14.4. The number of esters is 1. The van der Waals surface area contributed by atoms with Crippen molar-refractivity contribution in [1.82, 2.24) is 10.4 Å². The van der Waals surface area contributed by atoms with Gasteiger partial charge in [0.2, 0.25) is 0 Å². The van der Waals surface area contributed by atoms with Crippen molar-refractivity contribution in [1.29, 1.82) is 0 Å². The van der Waals surface area contributed by atoms with Crippen LogP contribution in [0.3, 0.4) is 0 Å². The Labute approximate surface area is 344 Å². The van der Waals surface area contributed by atoms with Crippen LogP contribution < -0.4 is 15.4 Å². The maximum absolute atomic E-state index is 13.3. The zero-order valence-corrected chi connectivity index (χ0v) is 32.9. The average Bonchev–Trinajstić information content (AvgIpc) is 3.68. The van der Waals surface area contributed by atoms with Gasteiger partial charge in [0, 0.05) is 53.9 Å². The Hall–Kier alpha value is -5.41. The predicted molar refractivity (Wildman–Crippen MR) is 209 cm³/mol. The maximum Gasteiger partial charge on any atom is 0.340 e. The predicted octanol–water partition coefficient (Wildman–Crippen LogP) is 3.05. The molecule has 3 aliphatic rings. The molecule has 6 rings (SSSR count). The Morgan fingerprint density at radius 1 is 0.678 bits per heavy atom. The second-order valence-electron chi connectivity index (χ2n) is 13.1. The van der Waals surface area contributed by atoms with Gasteiger partial charge in [0.05, 0.1) is 91.3 Å². The first-order valence-electron chi connectivity index (χ1n) is 19.0. The zero-order chi connectivity index (χ0) is 41.6. The first kappa shape index (κ1) is 43.2. The third kappa shape index (κ3) is 11.2. The number of anilines is 1. The van der Waals surface area contributed by atoms with Crippen molar-refractivity contribution in [2.45, 2.75) is 24.9 Å². The number of nitrogens with zero attached hydrogens (tertiary/aromatic N) is 1. The number of hydrogen-bond acceptors (Lipinski definition) is 16. The fourth-order valence-corrected chi connectivity index (χ4v) is 6.58. The quantitative estimate of drug-likeness (QED) is 0.0467. The Balaban J connectivity index is 0.760. The molecule has 3 aromatic rings. The standard InChI is InChI=1S/C40H45N3O15S/c44-27-2-5-31-33(24-27)56-34-25-28(45)3-6-32(34)40(31)30-4-1-26(23-29(30)38(49)57-40)42-39(59)41-10-12-51-14-16-53-18-20-55-22-21-54-19-17-52-15-13-50-11-9-37(48)58-43-35(46)7-8-36(43)47/h1-6,23-25,44-45H,7-22H2,(H2,41,42,59). The molecule has 2 amide bonds. The molecule has 0 aliphatic carbocycles. The lowest BCUT2D eigenvalue weighted by molar-refractivity contribution is -0.198. The van der Waals surface area contributed by atoms with E-state index in [1.807, 2.05) is 0 Å². The molecule has 4 N–H and O–H groups in total. The van der Waals surface area contributed by atoms with Gasteiger partial charge >= 0.3 is 11.9 Å². The van der Waals surface area contributed by atoms with E-state index < -0.39 is 29.4 Å². The highest BCUT2D eigenvalue weighted by Gasteiger charge is 2.53.